The van der Waals surface area contributed by atoms with Crippen molar-refractivity contribution in [1.82, 2.24) is 0 Å². The highest BCUT2D eigenvalue weighted by atomic mass is 16.5. The predicted octanol–water partition coefficient (Wildman–Crippen LogP) is 5.07. The third-order valence-electron chi connectivity index (χ3n) is 5.25. The molecule has 7 heteroatoms. The van der Waals surface area contributed by atoms with Gasteiger partial charge >= 0.3 is 5.63 Å². The van der Waals surface area contributed by atoms with Crippen LogP contribution in [0.2, 0.25) is 0 Å². The number of hydrogen-bond donors (Lipinski definition) is 0. The van der Waals surface area contributed by atoms with Gasteiger partial charge in [-0.15, -0.1) is 0 Å². The Bertz CT molecular complexity index is 1300. The van der Waals surface area contributed by atoms with Crippen molar-refractivity contribution < 1.29 is 28.1 Å². The molecule has 0 N–H and O–H groups in total. The molecular formula is C26H24O7. The van der Waals surface area contributed by atoms with Gasteiger partial charge in [0, 0.05) is 17.5 Å². The molecule has 1 aromatic heterocycles. The molecule has 7 nitrogen and oxygen atoms in total. The van der Waals surface area contributed by atoms with Crippen LogP contribution in [0.25, 0.3) is 22.1 Å². The molecule has 170 valence electrons. The smallest absolute Gasteiger partial charge is 0.336 e. The molecule has 0 amide bonds. The fourth-order valence-corrected chi connectivity index (χ4v) is 3.63. The lowest BCUT2D eigenvalue weighted by atomic mass is 10.0. The quantitative estimate of drug-likeness (QED) is 0.348. The van der Waals surface area contributed by atoms with Gasteiger partial charge in [0.05, 0.1) is 28.4 Å². The van der Waals surface area contributed by atoms with Crippen molar-refractivity contribution in [3.05, 3.63) is 76.6 Å². The fraction of sp³-hybridized carbons (Fsp3) is 0.192. The molecule has 33 heavy (non-hydrogen) atoms. The highest BCUT2D eigenvalue weighted by Crippen LogP contribution is 2.38. The number of benzene rings is 3. The average Bonchev–Trinajstić information content (AvgIpc) is 2.85. The molecule has 0 unspecified atom stereocenters. The Hall–Kier alpha value is -4.13. The summed E-state index contributed by atoms with van der Waals surface area (Å²) in [6, 6.07) is 18.1. The minimum absolute atomic E-state index is 0.255. The maximum absolute atomic E-state index is 12.2. The van der Waals surface area contributed by atoms with Gasteiger partial charge in [-0.1, -0.05) is 12.1 Å². The van der Waals surface area contributed by atoms with Gasteiger partial charge in [0.25, 0.3) is 0 Å². The summed E-state index contributed by atoms with van der Waals surface area (Å²) < 4.78 is 32.8. The Morgan fingerprint density at radius 1 is 0.727 bits per heavy atom. The highest BCUT2D eigenvalue weighted by Gasteiger charge is 2.14. The summed E-state index contributed by atoms with van der Waals surface area (Å²) in [6.45, 7) is 0.255. The summed E-state index contributed by atoms with van der Waals surface area (Å²) in [4.78, 5) is 12.2. The van der Waals surface area contributed by atoms with E-state index >= 15 is 0 Å². The Morgan fingerprint density at radius 3 is 2.00 bits per heavy atom. The second-order valence-electron chi connectivity index (χ2n) is 7.19. The molecule has 0 aliphatic rings. The lowest BCUT2D eigenvalue weighted by Crippen LogP contribution is -2.01. The molecule has 0 saturated heterocycles. The predicted molar refractivity (Wildman–Crippen MR) is 125 cm³/mol. The van der Waals surface area contributed by atoms with Crippen molar-refractivity contribution in [3.63, 3.8) is 0 Å². The third-order valence-corrected chi connectivity index (χ3v) is 5.25. The van der Waals surface area contributed by atoms with Gasteiger partial charge in [-0.25, -0.2) is 4.79 Å². The molecule has 0 bridgehead atoms. The molecule has 0 aliphatic carbocycles. The van der Waals surface area contributed by atoms with E-state index in [1.54, 1.807) is 34.5 Å². The summed E-state index contributed by atoms with van der Waals surface area (Å²) >= 11 is 0. The van der Waals surface area contributed by atoms with E-state index in [2.05, 4.69) is 0 Å². The van der Waals surface area contributed by atoms with Gasteiger partial charge in [-0.3, -0.25) is 0 Å². The van der Waals surface area contributed by atoms with Crippen LogP contribution in [0.3, 0.4) is 0 Å². The fourth-order valence-electron chi connectivity index (χ4n) is 3.63. The van der Waals surface area contributed by atoms with E-state index in [0.29, 0.717) is 28.6 Å². The molecule has 0 spiro atoms. The lowest BCUT2D eigenvalue weighted by molar-refractivity contribution is 0.298. The Morgan fingerprint density at radius 2 is 1.39 bits per heavy atom. The van der Waals surface area contributed by atoms with Crippen molar-refractivity contribution in [2.45, 2.75) is 6.61 Å². The molecule has 3 aromatic carbocycles. The van der Waals surface area contributed by atoms with Crippen LogP contribution < -0.4 is 29.3 Å². The summed E-state index contributed by atoms with van der Waals surface area (Å²) in [7, 11) is 6.29. The van der Waals surface area contributed by atoms with Gasteiger partial charge in [-0.2, -0.15) is 0 Å². The minimum atomic E-state index is -0.435. The van der Waals surface area contributed by atoms with Crippen LogP contribution >= 0.6 is 0 Å². The molecule has 4 rings (SSSR count). The zero-order valence-corrected chi connectivity index (χ0v) is 18.8. The van der Waals surface area contributed by atoms with Crippen molar-refractivity contribution >= 4 is 11.0 Å². The SMILES string of the molecule is COc1ccc(-c2cc(=O)oc3cc(OCc4cc(OC)c(OC)c(OC)c4)ccc23)cc1. The first kappa shape index (κ1) is 22.1. The zero-order valence-electron chi connectivity index (χ0n) is 18.8. The minimum Gasteiger partial charge on any atom is -0.497 e. The number of hydrogen-bond acceptors (Lipinski definition) is 7. The van der Waals surface area contributed by atoms with E-state index in [1.807, 2.05) is 48.5 Å². The summed E-state index contributed by atoms with van der Waals surface area (Å²) in [5, 5.41) is 0.805. The number of rotatable bonds is 8. The summed E-state index contributed by atoms with van der Waals surface area (Å²) in [5.41, 5.74) is 2.50. The molecule has 0 aliphatic heterocycles. The van der Waals surface area contributed by atoms with Gasteiger partial charge in [0.2, 0.25) is 5.75 Å². The molecule has 1 heterocycles. The van der Waals surface area contributed by atoms with Crippen LogP contribution in [0, 0.1) is 0 Å². The first-order valence-corrected chi connectivity index (χ1v) is 10.2. The highest BCUT2D eigenvalue weighted by molar-refractivity contribution is 5.93. The van der Waals surface area contributed by atoms with Crippen molar-refractivity contribution in [1.29, 1.82) is 0 Å². The Kier molecular flexibility index (Phi) is 6.40. The second kappa shape index (κ2) is 9.56. The standard InChI is InChI=1S/C26H24O7/c1-28-18-7-5-17(6-8-18)21-14-25(27)33-22-13-19(9-10-20(21)22)32-15-16-11-23(29-2)26(31-4)24(12-16)30-3/h5-14H,15H2,1-4H3. The van der Waals surface area contributed by atoms with Gasteiger partial charge in [0.1, 0.15) is 23.7 Å². The molecule has 0 atom stereocenters. The van der Waals surface area contributed by atoms with E-state index in [9.17, 15) is 4.79 Å². The number of fused-ring (bicyclic) bond motifs is 1. The topological polar surface area (TPSA) is 76.4 Å². The van der Waals surface area contributed by atoms with Crippen LogP contribution in [0.4, 0.5) is 0 Å². The van der Waals surface area contributed by atoms with E-state index < -0.39 is 5.63 Å². The van der Waals surface area contributed by atoms with Crippen molar-refractivity contribution in [3.8, 4) is 39.9 Å². The Labute approximate surface area is 191 Å². The Balaban J connectivity index is 1.63. The van der Waals surface area contributed by atoms with E-state index in [-0.39, 0.29) is 6.61 Å². The maximum atomic E-state index is 12.2. The zero-order chi connectivity index (χ0) is 23.4. The monoisotopic (exact) mass is 448 g/mol. The van der Waals surface area contributed by atoms with Gasteiger partial charge < -0.3 is 28.1 Å². The van der Waals surface area contributed by atoms with Crippen molar-refractivity contribution in [2.75, 3.05) is 28.4 Å². The van der Waals surface area contributed by atoms with Gasteiger partial charge in [-0.05, 0) is 53.1 Å². The van der Waals surface area contributed by atoms with Crippen LogP contribution in [0.1, 0.15) is 5.56 Å². The molecule has 0 saturated carbocycles. The number of ether oxygens (including phenoxy) is 5. The van der Waals surface area contributed by atoms with E-state index in [1.165, 1.54) is 6.07 Å². The first-order chi connectivity index (χ1) is 16.1. The largest absolute Gasteiger partial charge is 0.497 e. The molecule has 0 fully saturated rings. The van der Waals surface area contributed by atoms with E-state index in [0.717, 1.165) is 27.8 Å². The van der Waals surface area contributed by atoms with Crippen LogP contribution in [-0.2, 0) is 6.61 Å². The average molecular weight is 448 g/mol. The summed E-state index contributed by atoms with van der Waals surface area (Å²) in [5.74, 6) is 2.91. The third kappa shape index (κ3) is 4.57. The maximum Gasteiger partial charge on any atom is 0.336 e. The number of methoxy groups -OCH3 is 4. The normalized spacial score (nSPS) is 10.7. The second-order valence-corrected chi connectivity index (χ2v) is 7.19. The molecule has 0 radical (unpaired) electrons. The van der Waals surface area contributed by atoms with Crippen LogP contribution in [0.5, 0.6) is 28.7 Å². The van der Waals surface area contributed by atoms with E-state index in [4.69, 9.17) is 28.1 Å². The molecular weight excluding hydrogens is 424 g/mol. The van der Waals surface area contributed by atoms with Crippen molar-refractivity contribution in [2.24, 2.45) is 0 Å². The van der Waals surface area contributed by atoms with Crippen LogP contribution in [0.15, 0.2) is 69.9 Å². The first-order valence-electron chi connectivity index (χ1n) is 10.2. The lowest BCUT2D eigenvalue weighted by Gasteiger charge is -2.15. The molecule has 4 aromatic rings. The summed E-state index contributed by atoms with van der Waals surface area (Å²) in [6.07, 6.45) is 0. The van der Waals surface area contributed by atoms with Gasteiger partial charge in [0.15, 0.2) is 11.5 Å². The van der Waals surface area contributed by atoms with Crippen LogP contribution in [-0.4, -0.2) is 28.4 Å².